The number of ether oxygens (including phenoxy) is 1. The van der Waals surface area contributed by atoms with Gasteiger partial charge in [0.15, 0.2) is 6.61 Å². The Bertz CT molecular complexity index is 581. The fraction of sp³-hybridized carbons (Fsp3) is 0.529. The molecule has 1 aromatic carbocycles. The standard InChI is InChI=1S/C17H22BrN3O3/c18-13-1-5-15(6-2-13)24-12-17(23)21-9-7-20(8-10-21)11-16(22)19-14-3-4-14/h1-2,5-6,14H,3-4,7-12H2,(H,19,22). The van der Waals surface area contributed by atoms with E-state index in [1.54, 1.807) is 4.90 Å². The topological polar surface area (TPSA) is 61.9 Å². The average Bonchev–Trinajstić information content (AvgIpc) is 3.38. The normalized spacial score (nSPS) is 18.3. The first kappa shape index (κ1) is 17.2. The summed E-state index contributed by atoms with van der Waals surface area (Å²) in [6, 6.07) is 7.81. The van der Waals surface area contributed by atoms with Crippen molar-refractivity contribution in [1.82, 2.24) is 15.1 Å². The van der Waals surface area contributed by atoms with Crippen LogP contribution in [0.25, 0.3) is 0 Å². The molecule has 7 heteroatoms. The molecular formula is C17H22BrN3O3. The molecule has 1 heterocycles. The quantitative estimate of drug-likeness (QED) is 0.787. The Kier molecular flexibility index (Phi) is 5.73. The largest absolute Gasteiger partial charge is 0.484 e. The maximum Gasteiger partial charge on any atom is 0.260 e. The van der Waals surface area contributed by atoms with Gasteiger partial charge in [0.2, 0.25) is 5.91 Å². The van der Waals surface area contributed by atoms with Crippen LogP contribution in [0.1, 0.15) is 12.8 Å². The summed E-state index contributed by atoms with van der Waals surface area (Å²) in [6.45, 7) is 3.19. The van der Waals surface area contributed by atoms with Crippen molar-refractivity contribution in [1.29, 1.82) is 0 Å². The van der Waals surface area contributed by atoms with Gasteiger partial charge in [0.25, 0.3) is 5.91 Å². The van der Waals surface area contributed by atoms with Crippen LogP contribution in [0.2, 0.25) is 0 Å². The molecule has 24 heavy (non-hydrogen) atoms. The molecule has 1 aromatic rings. The van der Waals surface area contributed by atoms with E-state index in [4.69, 9.17) is 4.74 Å². The van der Waals surface area contributed by atoms with Gasteiger partial charge in [-0.25, -0.2) is 0 Å². The Morgan fingerprint density at radius 2 is 1.79 bits per heavy atom. The number of nitrogens with one attached hydrogen (secondary N) is 1. The molecule has 1 aliphatic heterocycles. The van der Waals surface area contributed by atoms with Crippen LogP contribution in [-0.4, -0.2) is 67.0 Å². The van der Waals surface area contributed by atoms with Crippen LogP contribution >= 0.6 is 15.9 Å². The first-order chi connectivity index (χ1) is 11.6. The Labute approximate surface area is 150 Å². The molecule has 0 atom stereocenters. The minimum absolute atomic E-state index is 0.0139. The summed E-state index contributed by atoms with van der Waals surface area (Å²) in [5.41, 5.74) is 0. The van der Waals surface area contributed by atoms with E-state index in [1.165, 1.54) is 0 Å². The lowest BCUT2D eigenvalue weighted by Gasteiger charge is -2.34. The summed E-state index contributed by atoms with van der Waals surface area (Å²) in [5, 5.41) is 2.99. The predicted molar refractivity (Wildman–Crippen MR) is 93.8 cm³/mol. The Morgan fingerprint density at radius 1 is 1.12 bits per heavy atom. The van der Waals surface area contributed by atoms with Crippen molar-refractivity contribution in [2.45, 2.75) is 18.9 Å². The highest BCUT2D eigenvalue weighted by Gasteiger charge is 2.26. The first-order valence-corrected chi connectivity index (χ1v) is 9.07. The number of piperazine rings is 1. The molecule has 0 spiro atoms. The lowest BCUT2D eigenvalue weighted by Crippen LogP contribution is -2.52. The van der Waals surface area contributed by atoms with Crippen LogP contribution in [0.5, 0.6) is 5.75 Å². The third kappa shape index (κ3) is 5.21. The number of rotatable bonds is 6. The summed E-state index contributed by atoms with van der Waals surface area (Å²) >= 11 is 3.36. The van der Waals surface area contributed by atoms with Gasteiger partial charge < -0.3 is 15.0 Å². The van der Waals surface area contributed by atoms with Crippen LogP contribution in [0.4, 0.5) is 0 Å². The summed E-state index contributed by atoms with van der Waals surface area (Å²) in [4.78, 5) is 27.9. The van der Waals surface area contributed by atoms with E-state index in [0.29, 0.717) is 31.4 Å². The molecular weight excluding hydrogens is 374 g/mol. The number of hydrogen-bond donors (Lipinski definition) is 1. The number of hydrogen-bond acceptors (Lipinski definition) is 4. The number of carbonyl (C=O) groups is 2. The molecule has 0 aromatic heterocycles. The van der Waals surface area contributed by atoms with E-state index < -0.39 is 0 Å². The van der Waals surface area contributed by atoms with Crippen molar-refractivity contribution in [3.63, 3.8) is 0 Å². The van der Waals surface area contributed by atoms with Gasteiger partial charge in [0.1, 0.15) is 5.75 Å². The van der Waals surface area contributed by atoms with Crippen molar-refractivity contribution in [3.8, 4) is 5.75 Å². The number of carbonyl (C=O) groups excluding carboxylic acids is 2. The molecule has 2 aliphatic rings. The fourth-order valence-electron chi connectivity index (χ4n) is 2.63. The van der Waals surface area contributed by atoms with Gasteiger partial charge in [0, 0.05) is 36.7 Å². The SMILES string of the molecule is O=C(CN1CCN(C(=O)COc2ccc(Br)cc2)CC1)NC1CC1. The van der Waals surface area contributed by atoms with Gasteiger partial charge in [0.05, 0.1) is 6.54 Å². The highest BCUT2D eigenvalue weighted by molar-refractivity contribution is 9.10. The van der Waals surface area contributed by atoms with Crippen molar-refractivity contribution >= 4 is 27.7 Å². The van der Waals surface area contributed by atoms with Gasteiger partial charge in [-0.15, -0.1) is 0 Å². The maximum absolute atomic E-state index is 12.2. The zero-order valence-corrected chi connectivity index (χ0v) is 15.1. The molecule has 0 bridgehead atoms. The highest BCUT2D eigenvalue weighted by atomic mass is 79.9. The average molecular weight is 396 g/mol. The second-order valence-corrected chi connectivity index (χ2v) is 7.16. The molecule has 2 fully saturated rings. The number of amides is 2. The van der Waals surface area contributed by atoms with Crippen molar-refractivity contribution < 1.29 is 14.3 Å². The molecule has 2 amide bonds. The summed E-state index contributed by atoms with van der Waals surface area (Å²) in [6.07, 6.45) is 2.21. The molecule has 1 aliphatic carbocycles. The lowest BCUT2D eigenvalue weighted by molar-refractivity contribution is -0.135. The molecule has 1 N–H and O–H groups in total. The van der Waals surface area contributed by atoms with E-state index in [2.05, 4.69) is 26.1 Å². The van der Waals surface area contributed by atoms with Gasteiger partial charge in [-0.3, -0.25) is 14.5 Å². The number of benzene rings is 1. The smallest absolute Gasteiger partial charge is 0.260 e. The van der Waals surface area contributed by atoms with Crippen LogP contribution < -0.4 is 10.1 Å². The van der Waals surface area contributed by atoms with Gasteiger partial charge >= 0.3 is 0 Å². The second kappa shape index (κ2) is 7.98. The molecule has 1 saturated carbocycles. The molecule has 0 unspecified atom stereocenters. The van der Waals surface area contributed by atoms with Gasteiger partial charge in [-0.2, -0.15) is 0 Å². The van der Waals surface area contributed by atoms with E-state index in [-0.39, 0.29) is 18.4 Å². The highest BCUT2D eigenvalue weighted by Crippen LogP contribution is 2.18. The Hall–Kier alpha value is -1.60. The van der Waals surface area contributed by atoms with Crippen LogP contribution in [-0.2, 0) is 9.59 Å². The molecule has 1 saturated heterocycles. The van der Waals surface area contributed by atoms with Crippen molar-refractivity contribution in [2.24, 2.45) is 0 Å². The zero-order chi connectivity index (χ0) is 16.9. The van der Waals surface area contributed by atoms with Crippen molar-refractivity contribution in [3.05, 3.63) is 28.7 Å². The van der Waals surface area contributed by atoms with Crippen LogP contribution in [0.3, 0.4) is 0 Å². The van der Waals surface area contributed by atoms with E-state index in [1.807, 2.05) is 24.3 Å². The summed E-state index contributed by atoms with van der Waals surface area (Å²) in [5.74, 6) is 0.762. The number of nitrogens with zero attached hydrogens (tertiary/aromatic N) is 2. The third-order valence-corrected chi connectivity index (χ3v) is 4.74. The van der Waals surface area contributed by atoms with E-state index in [0.717, 1.165) is 30.4 Å². The molecule has 0 radical (unpaired) electrons. The first-order valence-electron chi connectivity index (χ1n) is 8.28. The minimum atomic E-state index is -0.0139. The van der Waals surface area contributed by atoms with Crippen molar-refractivity contribution in [2.75, 3.05) is 39.3 Å². The molecule has 3 rings (SSSR count). The Morgan fingerprint density at radius 3 is 2.42 bits per heavy atom. The Balaban J connectivity index is 1.36. The molecule has 130 valence electrons. The summed E-state index contributed by atoms with van der Waals surface area (Å²) in [7, 11) is 0. The lowest BCUT2D eigenvalue weighted by atomic mass is 10.3. The summed E-state index contributed by atoms with van der Waals surface area (Å²) < 4.78 is 6.50. The maximum atomic E-state index is 12.2. The number of halogens is 1. The fourth-order valence-corrected chi connectivity index (χ4v) is 2.89. The predicted octanol–water partition coefficient (Wildman–Crippen LogP) is 1.25. The minimum Gasteiger partial charge on any atom is -0.484 e. The van der Waals surface area contributed by atoms with Gasteiger partial charge in [-0.05, 0) is 37.1 Å². The van der Waals surface area contributed by atoms with E-state index >= 15 is 0 Å². The van der Waals surface area contributed by atoms with Gasteiger partial charge in [-0.1, -0.05) is 15.9 Å². The zero-order valence-electron chi connectivity index (χ0n) is 13.5. The molecule has 6 nitrogen and oxygen atoms in total. The third-order valence-electron chi connectivity index (χ3n) is 4.21. The van der Waals surface area contributed by atoms with Crippen LogP contribution in [0, 0.1) is 0 Å². The van der Waals surface area contributed by atoms with Crippen LogP contribution in [0.15, 0.2) is 28.7 Å². The monoisotopic (exact) mass is 395 g/mol. The van der Waals surface area contributed by atoms with E-state index in [9.17, 15) is 9.59 Å². The second-order valence-electron chi connectivity index (χ2n) is 6.24.